The van der Waals surface area contributed by atoms with Gasteiger partial charge in [0.05, 0.1) is 18.7 Å². The van der Waals surface area contributed by atoms with Crippen molar-refractivity contribution in [3.05, 3.63) is 29.6 Å². The van der Waals surface area contributed by atoms with Crippen LogP contribution in [0.2, 0.25) is 0 Å². The van der Waals surface area contributed by atoms with E-state index in [2.05, 4.69) is 0 Å². The van der Waals surface area contributed by atoms with Gasteiger partial charge in [-0.3, -0.25) is 0 Å². The summed E-state index contributed by atoms with van der Waals surface area (Å²) in [5, 5.41) is 9.79. The number of halogens is 1. The molecule has 2 aromatic rings. The maximum Gasteiger partial charge on any atom is 0.174 e. The lowest BCUT2D eigenvalue weighted by molar-refractivity contribution is 0.427. The van der Waals surface area contributed by atoms with Crippen molar-refractivity contribution in [2.24, 2.45) is 0 Å². The van der Waals surface area contributed by atoms with E-state index in [1.54, 1.807) is 12.1 Å². The van der Waals surface area contributed by atoms with Crippen molar-refractivity contribution >= 4 is 21.4 Å². The molecular weight excluding hydrogens is 201 g/mol. The van der Waals surface area contributed by atoms with Gasteiger partial charge < -0.3 is 4.74 Å². The summed E-state index contributed by atoms with van der Waals surface area (Å²) in [6.45, 7) is 0. The number of fused-ring (bicyclic) bond motifs is 1. The van der Waals surface area contributed by atoms with E-state index in [0.29, 0.717) is 16.0 Å². The molecule has 1 aromatic heterocycles. The van der Waals surface area contributed by atoms with Gasteiger partial charge in [-0.05, 0) is 12.1 Å². The molecule has 0 spiro atoms. The third kappa shape index (κ3) is 1.32. The molecule has 0 aliphatic carbocycles. The monoisotopic (exact) mass is 207 g/mol. The number of rotatable bonds is 1. The Bertz CT molecular complexity index is 527. The van der Waals surface area contributed by atoms with Gasteiger partial charge in [0.1, 0.15) is 5.82 Å². The fourth-order valence-corrected chi connectivity index (χ4v) is 2.17. The van der Waals surface area contributed by atoms with E-state index in [1.165, 1.54) is 24.5 Å². The molecule has 4 heteroatoms. The zero-order valence-corrected chi connectivity index (χ0v) is 8.19. The van der Waals surface area contributed by atoms with Gasteiger partial charge in [-0.1, -0.05) is 11.3 Å². The zero-order chi connectivity index (χ0) is 10.1. The highest BCUT2D eigenvalue weighted by Gasteiger charge is 2.08. The van der Waals surface area contributed by atoms with Crippen LogP contribution >= 0.6 is 11.3 Å². The second kappa shape index (κ2) is 3.28. The minimum absolute atomic E-state index is 0.333. The van der Waals surface area contributed by atoms with Gasteiger partial charge in [-0.2, -0.15) is 5.26 Å². The summed E-state index contributed by atoms with van der Waals surface area (Å²) < 4.78 is 19.1. The van der Waals surface area contributed by atoms with Gasteiger partial charge >= 0.3 is 0 Å². The van der Waals surface area contributed by atoms with E-state index >= 15 is 0 Å². The van der Waals surface area contributed by atoms with Crippen LogP contribution in [0.4, 0.5) is 4.39 Å². The molecule has 0 saturated heterocycles. The Morgan fingerprint density at radius 3 is 2.86 bits per heavy atom. The van der Waals surface area contributed by atoms with Crippen LogP contribution in [-0.4, -0.2) is 7.11 Å². The van der Waals surface area contributed by atoms with E-state index in [9.17, 15) is 4.39 Å². The predicted molar refractivity (Wildman–Crippen MR) is 53.1 cm³/mol. The zero-order valence-electron chi connectivity index (χ0n) is 7.37. The number of nitriles is 1. The molecule has 0 radical (unpaired) electrons. The van der Waals surface area contributed by atoms with Crippen molar-refractivity contribution in [3.8, 4) is 11.1 Å². The first kappa shape index (κ1) is 8.97. The quantitative estimate of drug-likeness (QED) is 0.720. The first-order valence-corrected chi connectivity index (χ1v) is 4.73. The molecule has 0 amide bonds. The molecule has 2 rings (SSSR count). The Morgan fingerprint density at radius 2 is 2.21 bits per heavy atom. The van der Waals surface area contributed by atoms with Crippen molar-refractivity contribution in [2.75, 3.05) is 7.11 Å². The SMILES string of the molecule is COc1cc2c(F)cc(C#N)cc2s1. The third-order valence-corrected chi connectivity index (χ3v) is 2.94. The molecule has 0 fully saturated rings. The Hall–Kier alpha value is -1.60. The molecule has 0 aliphatic heterocycles. The summed E-state index contributed by atoms with van der Waals surface area (Å²) in [7, 11) is 1.54. The van der Waals surface area contributed by atoms with E-state index in [0.717, 1.165) is 4.70 Å². The second-order valence-electron chi connectivity index (χ2n) is 2.75. The lowest BCUT2D eigenvalue weighted by Crippen LogP contribution is -1.78. The summed E-state index contributed by atoms with van der Waals surface area (Å²) in [6, 6.07) is 6.44. The van der Waals surface area contributed by atoms with Gasteiger partial charge in [-0.15, -0.1) is 0 Å². The van der Waals surface area contributed by atoms with Gasteiger partial charge in [-0.25, -0.2) is 4.39 Å². The second-order valence-corrected chi connectivity index (χ2v) is 3.80. The molecule has 70 valence electrons. The lowest BCUT2D eigenvalue weighted by Gasteiger charge is -1.92. The minimum Gasteiger partial charge on any atom is -0.487 e. The Labute approximate surface area is 84.2 Å². The highest BCUT2D eigenvalue weighted by Crippen LogP contribution is 2.33. The summed E-state index contributed by atoms with van der Waals surface area (Å²) >= 11 is 1.33. The molecule has 0 atom stereocenters. The Balaban J connectivity index is 2.75. The van der Waals surface area contributed by atoms with Crippen LogP contribution < -0.4 is 4.74 Å². The molecule has 2 nitrogen and oxygen atoms in total. The molecular formula is C10H6FNOS. The van der Waals surface area contributed by atoms with Crippen molar-refractivity contribution < 1.29 is 9.13 Å². The summed E-state index contributed by atoms with van der Waals surface area (Å²) in [6.07, 6.45) is 0. The smallest absolute Gasteiger partial charge is 0.174 e. The van der Waals surface area contributed by atoms with E-state index in [-0.39, 0.29) is 5.82 Å². The van der Waals surface area contributed by atoms with Gasteiger partial charge in [0.25, 0.3) is 0 Å². The number of thiophene rings is 1. The van der Waals surface area contributed by atoms with Crippen LogP contribution in [0, 0.1) is 17.1 Å². The summed E-state index contributed by atoms with van der Waals surface area (Å²) in [5.74, 6) is -0.376. The van der Waals surface area contributed by atoms with Gasteiger partial charge in [0.2, 0.25) is 0 Å². The fourth-order valence-electron chi connectivity index (χ4n) is 1.24. The van der Waals surface area contributed by atoms with E-state index in [4.69, 9.17) is 10.00 Å². The van der Waals surface area contributed by atoms with Crippen molar-refractivity contribution in [2.45, 2.75) is 0 Å². The largest absolute Gasteiger partial charge is 0.487 e. The standard InChI is InChI=1S/C10H6FNOS/c1-13-10-4-7-8(11)2-6(5-12)3-9(7)14-10/h2-4H,1H3. The van der Waals surface area contributed by atoms with Crippen molar-refractivity contribution in [3.63, 3.8) is 0 Å². The van der Waals surface area contributed by atoms with Crippen molar-refractivity contribution in [1.82, 2.24) is 0 Å². The predicted octanol–water partition coefficient (Wildman–Crippen LogP) is 2.92. The van der Waals surface area contributed by atoms with Crippen LogP contribution in [0.1, 0.15) is 5.56 Å². The molecule has 0 saturated carbocycles. The number of benzene rings is 1. The van der Waals surface area contributed by atoms with Gasteiger partial charge in [0, 0.05) is 16.2 Å². The molecule has 0 aliphatic rings. The number of nitrogens with zero attached hydrogens (tertiary/aromatic N) is 1. The average molecular weight is 207 g/mol. The van der Waals surface area contributed by atoms with Crippen LogP contribution in [-0.2, 0) is 0 Å². The molecule has 1 aromatic carbocycles. The number of hydrogen-bond donors (Lipinski definition) is 0. The van der Waals surface area contributed by atoms with Crippen LogP contribution in [0.5, 0.6) is 5.06 Å². The normalized spacial score (nSPS) is 10.1. The van der Waals surface area contributed by atoms with E-state index in [1.807, 2.05) is 6.07 Å². The van der Waals surface area contributed by atoms with E-state index < -0.39 is 0 Å². The van der Waals surface area contributed by atoms with Crippen molar-refractivity contribution in [1.29, 1.82) is 5.26 Å². The average Bonchev–Trinajstić information content (AvgIpc) is 2.61. The van der Waals surface area contributed by atoms with Crippen LogP contribution in [0.25, 0.3) is 10.1 Å². The Morgan fingerprint density at radius 1 is 1.43 bits per heavy atom. The summed E-state index contributed by atoms with van der Waals surface area (Å²) in [5.41, 5.74) is 0.333. The number of hydrogen-bond acceptors (Lipinski definition) is 3. The molecule has 14 heavy (non-hydrogen) atoms. The topological polar surface area (TPSA) is 33.0 Å². The van der Waals surface area contributed by atoms with Crippen LogP contribution in [0.3, 0.4) is 0 Å². The fraction of sp³-hybridized carbons (Fsp3) is 0.100. The maximum absolute atomic E-state index is 13.4. The number of ether oxygens (including phenoxy) is 1. The van der Waals surface area contributed by atoms with Gasteiger partial charge in [0.15, 0.2) is 5.06 Å². The highest BCUT2D eigenvalue weighted by molar-refractivity contribution is 7.20. The first-order chi connectivity index (χ1) is 6.74. The lowest BCUT2D eigenvalue weighted by atomic mass is 10.2. The molecule has 0 bridgehead atoms. The third-order valence-electron chi connectivity index (χ3n) is 1.89. The molecule has 1 heterocycles. The maximum atomic E-state index is 13.4. The first-order valence-electron chi connectivity index (χ1n) is 3.92. The van der Waals surface area contributed by atoms with Crippen LogP contribution in [0.15, 0.2) is 18.2 Å². The highest BCUT2D eigenvalue weighted by atomic mass is 32.1. The molecule has 0 N–H and O–H groups in total. The minimum atomic E-state index is -0.376. The number of methoxy groups -OCH3 is 1. The summed E-state index contributed by atoms with van der Waals surface area (Å²) in [4.78, 5) is 0. The molecule has 0 unspecified atom stereocenters. The Kier molecular flexibility index (Phi) is 2.10.